The van der Waals surface area contributed by atoms with Gasteiger partial charge in [0.1, 0.15) is 0 Å². The summed E-state index contributed by atoms with van der Waals surface area (Å²) < 4.78 is 0. The molecule has 3 rings (SSSR count). The Labute approximate surface area is 122 Å². The van der Waals surface area contributed by atoms with Crippen molar-refractivity contribution in [1.29, 1.82) is 0 Å². The first kappa shape index (κ1) is 13.1. The number of aromatic nitrogens is 1. The third-order valence-electron chi connectivity index (χ3n) is 3.46. The second-order valence-corrected chi connectivity index (χ2v) is 6.15. The molecular weight excluding hydrogens is 270 g/mol. The van der Waals surface area contributed by atoms with Crippen molar-refractivity contribution in [2.24, 2.45) is 0 Å². The SMILES string of the molecule is CC(=O)c1sc(NCc2cccnc2)c(C2CC2)c1N. The second kappa shape index (κ2) is 5.25. The molecule has 0 aromatic carbocycles. The van der Waals surface area contributed by atoms with Crippen molar-refractivity contribution < 1.29 is 4.79 Å². The molecular formula is C15H17N3OS. The summed E-state index contributed by atoms with van der Waals surface area (Å²) in [7, 11) is 0. The number of carbonyl (C=O) groups excluding carboxylic acids is 1. The van der Waals surface area contributed by atoms with E-state index in [-0.39, 0.29) is 5.78 Å². The van der Waals surface area contributed by atoms with E-state index in [1.807, 2.05) is 18.3 Å². The van der Waals surface area contributed by atoms with Crippen molar-refractivity contribution >= 4 is 27.8 Å². The smallest absolute Gasteiger partial charge is 0.171 e. The maximum absolute atomic E-state index is 11.6. The molecule has 1 fully saturated rings. The first-order valence-electron chi connectivity index (χ1n) is 6.72. The number of rotatable bonds is 5. The minimum Gasteiger partial charge on any atom is -0.397 e. The van der Waals surface area contributed by atoms with Gasteiger partial charge in [-0.1, -0.05) is 6.07 Å². The Bertz CT molecular complexity index is 632. The van der Waals surface area contributed by atoms with Gasteiger partial charge in [-0.15, -0.1) is 11.3 Å². The van der Waals surface area contributed by atoms with Gasteiger partial charge in [-0.3, -0.25) is 9.78 Å². The lowest BCUT2D eigenvalue weighted by molar-refractivity contribution is 0.102. The zero-order chi connectivity index (χ0) is 14.1. The number of nitrogens with one attached hydrogen (secondary N) is 1. The van der Waals surface area contributed by atoms with E-state index in [0.29, 0.717) is 23.0 Å². The summed E-state index contributed by atoms with van der Waals surface area (Å²) in [4.78, 5) is 16.4. The van der Waals surface area contributed by atoms with E-state index in [1.165, 1.54) is 24.2 Å². The van der Waals surface area contributed by atoms with Gasteiger partial charge in [0.05, 0.1) is 15.6 Å². The molecule has 0 unspecified atom stereocenters. The average molecular weight is 287 g/mol. The van der Waals surface area contributed by atoms with Crippen molar-refractivity contribution in [2.45, 2.75) is 32.2 Å². The molecule has 2 heterocycles. The summed E-state index contributed by atoms with van der Waals surface area (Å²) in [5.74, 6) is 0.569. The summed E-state index contributed by atoms with van der Waals surface area (Å²) >= 11 is 1.48. The van der Waals surface area contributed by atoms with Crippen molar-refractivity contribution in [3.8, 4) is 0 Å². The number of nitrogens with two attached hydrogens (primary N) is 1. The molecule has 0 spiro atoms. The van der Waals surface area contributed by atoms with Gasteiger partial charge in [0, 0.05) is 31.4 Å². The molecule has 0 amide bonds. The lowest BCUT2D eigenvalue weighted by Crippen LogP contribution is -2.01. The van der Waals surface area contributed by atoms with Crippen LogP contribution in [0.1, 0.15) is 46.5 Å². The highest BCUT2D eigenvalue weighted by Gasteiger charge is 2.32. The molecule has 20 heavy (non-hydrogen) atoms. The molecule has 0 aliphatic heterocycles. The third-order valence-corrected chi connectivity index (χ3v) is 4.74. The molecule has 1 saturated carbocycles. The van der Waals surface area contributed by atoms with E-state index in [1.54, 1.807) is 13.1 Å². The van der Waals surface area contributed by atoms with Crippen LogP contribution in [-0.4, -0.2) is 10.8 Å². The second-order valence-electron chi connectivity index (χ2n) is 5.13. The van der Waals surface area contributed by atoms with Gasteiger partial charge in [0.15, 0.2) is 5.78 Å². The predicted molar refractivity (Wildman–Crippen MR) is 82.3 cm³/mol. The first-order valence-corrected chi connectivity index (χ1v) is 7.54. The standard InChI is InChI=1S/C15H17N3OS/c1-9(19)14-13(16)12(11-4-5-11)15(20-14)18-8-10-3-2-6-17-7-10/h2-3,6-7,11,18H,4-5,8,16H2,1H3. The molecule has 2 aromatic heterocycles. The van der Waals surface area contributed by atoms with Gasteiger partial charge >= 0.3 is 0 Å². The molecule has 2 aromatic rings. The number of Topliss-reactive ketones (excluding diaryl/α,β-unsaturated/α-hetero) is 1. The summed E-state index contributed by atoms with van der Waals surface area (Å²) in [5.41, 5.74) is 9.09. The zero-order valence-corrected chi connectivity index (χ0v) is 12.2. The number of carbonyl (C=O) groups is 1. The van der Waals surface area contributed by atoms with Crippen LogP contribution < -0.4 is 11.1 Å². The maximum Gasteiger partial charge on any atom is 0.171 e. The fourth-order valence-corrected chi connectivity index (χ4v) is 3.41. The van der Waals surface area contributed by atoms with Crippen LogP contribution in [-0.2, 0) is 6.54 Å². The predicted octanol–water partition coefficient (Wildman–Crippen LogP) is 3.42. The summed E-state index contributed by atoms with van der Waals surface area (Å²) in [6.07, 6.45) is 5.93. The molecule has 4 nitrogen and oxygen atoms in total. The number of anilines is 2. The van der Waals surface area contributed by atoms with Gasteiger partial charge in [-0.25, -0.2) is 0 Å². The van der Waals surface area contributed by atoms with Crippen LogP contribution in [0.4, 0.5) is 10.7 Å². The van der Waals surface area contributed by atoms with E-state index < -0.39 is 0 Å². The lowest BCUT2D eigenvalue weighted by atomic mass is 10.1. The van der Waals surface area contributed by atoms with Crippen molar-refractivity contribution in [1.82, 2.24) is 4.98 Å². The Balaban J connectivity index is 1.85. The number of nitrogen functional groups attached to an aromatic ring is 1. The Morgan fingerprint density at radius 3 is 2.95 bits per heavy atom. The highest BCUT2D eigenvalue weighted by atomic mass is 32.1. The fraction of sp³-hybridized carbons (Fsp3) is 0.333. The van der Waals surface area contributed by atoms with Crippen LogP contribution in [0.5, 0.6) is 0 Å². The molecule has 0 atom stereocenters. The van der Waals surface area contributed by atoms with Gasteiger partial charge in [0.2, 0.25) is 0 Å². The number of hydrogen-bond donors (Lipinski definition) is 2. The van der Waals surface area contributed by atoms with E-state index >= 15 is 0 Å². The van der Waals surface area contributed by atoms with Gasteiger partial charge < -0.3 is 11.1 Å². The summed E-state index contributed by atoms with van der Waals surface area (Å²) in [5, 5.41) is 4.45. The molecule has 1 aliphatic rings. The van der Waals surface area contributed by atoms with Crippen molar-refractivity contribution in [3.63, 3.8) is 0 Å². The largest absolute Gasteiger partial charge is 0.397 e. The average Bonchev–Trinajstić information content (AvgIpc) is 3.21. The molecule has 0 bridgehead atoms. The van der Waals surface area contributed by atoms with Crippen LogP contribution in [0.3, 0.4) is 0 Å². The first-order chi connectivity index (χ1) is 9.66. The molecule has 0 saturated heterocycles. The highest BCUT2D eigenvalue weighted by molar-refractivity contribution is 7.18. The van der Waals surface area contributed by atoms with Crippen molar-refractivity contribution in [2.75, 3.05) is 11.1 Å². The fourth-order valence-electron chi connectivity index (χ4n) is 2.31. The Hall–Kier alpha value is -1.88. The van der Waals surface area contributed by atoms with E-state index in [4.69, 9.17) is 5.73 Å². The maximum atomic E-state index is 11.6. The molecule has 104 valence electrons. The number of nitrogens with zero attached hydrogens (tertiary/aromatic N) is 1. The quantitative estimate of drug-likeness (QED) is 0.827. The van der Waals surface area contributed by atoms with E-state index in [9.17, 15) is 4.79 Å². The number of thiophene rings is 1. The van der Waals surface area contributed by atoms with Crippen LogP contribution >= 0.6 is 11.3 Å². The molecule has 3 N–H and O–H groups in total. The lowest BCUT2D eigenvalue weighted by Gasteiger charge is -2.07. The topological polar surface area (TPSA) is 68.0 Å². The molecule has 0 radical (unpaired) electrons. The Morgan fingerprint density at radius 1 is 1.55 bits per heavy atom. The minimum absolute atomic E-state index is 0.0452. The van der Waals surface area contributed by atoms with Crippen molar-refractivity contribution in [3.05, 3.63) is 40.5 Å². The van der Waals surface area contributed by atoms with Gasteiger partial charge in [-0.2, -0.15) is 0 Å². The monoisotopic (exact) mass is 287 g/mol. The molecule has 1 aliphatic carbocycles. The minimum atomic E-state index is 0.0452. The Kier molecular flexibility index (Phi) is 3.44. The number of hydrogen-bond acceptors (Lipinski definition) is 5. The normalized spacial score (nSPS) is 14.2. The highest BCUT2D eigenvalue weighted by Crippen LogP contribution is 2.50. The van der Waals surface area contributed by atoms with E-state index in [0.717, 1.165) is 16.1 Å². The third kappa shape index (κ3) is 2.54. The number of ketones is 1. The molecule has 5 heteroatoms. The Morgan fingerprint density at radius 2 is 2.35 bits per heavy atom. The van der Waals surface area contributed by atoms with Crippen LogP contribution in [0.15, 0.2) is 24.5 Å². The summed E-state index contributed by atoms with van der Waals surface area (Å²) in [6, 6.07) is 3.95. The zero-order valence-electron chi connectivity index (χ0n) is 11.3. The van der Waals surface area contributed by atoms with Gasteiger partial charge in [0.25, 0.3) is 0 Å². The summed E-state index contributed by atoms with van der Waals surface area (Å²) in [6.45, 7) is 2.27. The van der Waals surface area contributed by atoms with Crippen LogP contribution in [0.25, 0.3) is 0 Å². The van der Waals surface area contributed by atoms with E-state index in [2.05, 4.69) is 10.3 Å². The number of pyridine rings is 1. The van der Waals surface area contributed by atoms with Crippen LogP contribution in [0, 0.1) is 0 Å². The van der Waals surface area contributed by atoms with Crippen LogP contribution in [0.2, 0.25) is 0 Å². The van der Waals surface area contributed by atoms with Gasteiger partial charge in [-0.05, 0) is 30.4 Å².